The van der Waals surface area contributed by atoms with Gasteiger partial charge in [-0.15, -0.1) is 0 Å². The molecule has 0 aliphatic carbocycles. The van der Waals surface area contributed by atoms with E-state index in [0.717, 1.165) is 12.7 Å². The van der Waals surface area contributed by atoms with Crippen LogP contribution >= 0.6 is 0 Å². The molecule has 4 N–H and O–H groups in total. The lowest BCUT2D eigenvalue weighted by Crippen LogP contribution is -2.57. The monoisotopic (exact) mass is 598 g/mol. The zero-order valence-electron chi connectivity index (χ0n) is 24.6. The minimum atomic E-state index is -1.27. The molecule has 0 radical (unpaired) electrons. The summed E-state index contributed by atoms with van der Waals surface area (Å²) in [5.41, 5.74) is 0.776. The minimum Gasteiger partial charge on any atom is -0.486 e. The second kappa shape index (κ2) is 17.8. The van der Waals surface area contributed by atoms with Crippen LogP contribution in [-0.4, -0.2) is 74.0 Å². The summed E-state index contributed by atoms with van der Waals surface area (Å²) >= 11 is 0. The summed E-state index contributed by atoms with van der Waals surface area (Å²) in [6, 6.07) is 14.1. The largest absolute Gasteiger partial charge is 0.486 e. The molecule has 2 rings (SSSR count). The van der Waals surface area contributed by atoms with Crippen molar-refractivity contribution >= 4 is 35.6 Å². The van der Waals surface area contributed by atoms with E-state index in [4.69, 9.17) is 9.47 Å². The average Bonchev–Trinajstić information content (AvgIpc) is 3.00. The van der Waals surface area contributed by atoms with Crippen LogP contribution in [0, 0.1) is 5.92 Å². The molecular weight excluding hydrogens is 560 g/mol. The van der Waals surface area contributed by atoms with Gasteiger partial charge in [0.05, 0.1) is 13.5 Å². The second-order valence-electron chi connectivity index (χ2n) is 9.84. The number of alkyl carbamates (subject to hydrolysis) is 1. The van der Waals surface area contributed by atoms with Crippen LogP contribution in [0.2, 0.25) is 0 Å². The fourth-order valence-electron chi connectivity index (χ4n) is 3.62. The topological polar surface area (TPSA) is 178 Å². The van der Waals surface area contributed by atoms with Crippen molar-refractivity contribution in [2.75, 3.05) is 20.3 Å². The molecule has 0 saturated heterocycles. The van der Waals surface area contributed by atoms with Gasteiger partial charge < -0.3 is 35.5 Å². The highest BCUT2D eigenvalue weighted by Gasteiger charge is 2.30. The zero-order chi connectivity index (χ0) is 31.8. The van der Waals surface area contributed by atoms with Crippen molar-refractivity contribution in [2.24, 2.45) is 5.92 Å². The highest BCUT2D eigenvalue weighted by molar-refractivity contribution is 5.96. The molecule has 13 heteroatoms. The second-order valence-corrected chi connectivity index (χ2v) is 9.84. The first kappa shape index (κ1) is 34.3. The molecule has 0 bridgehead atoms. The maximum atomic E-state index is 13.0. The van der Waals surface area contributed by atoms with Gasteiger partial charge in [-0.2, -0.15) is 0 Å². The van der Waals surface area contributed by atoms with Crippen LogP contribution in [0.3, 0.4) is 0 Å². The number of Topliss-reactive ketones (excluding diaryl/α,β-unsaturated/α-hetero) is 1. The summed E-state index contributed by atoms with van der Waals surface area (Å²) in [4.78, 5) is 74.9. The van der Waals surface area contributed by atoms with E-state index in [0.29, 0.717) is 5.75 Å². The van der Waals surface area contributed by atoms with E-state index >= 15 is 0 Å². The first-order chi connectivity index (χ1) is 20.5. The van der Waals surface area contributed by atoms with Gasteiger partial charge in [-0.05, 0) is 30.5 Å². The Morgan fingerprint density at radius 2 is 1.42 bits per heavy atom. The number of hydrogen-bond acceptors (Lipinski definition) is 9. The van der Waals surface area contributed by atoms with Gasteiger partial charge in [0.2, 0.25) is 17.7 Å². The van der Waals surface area contributed by atoms with E-state index in [9.17, 15) is 28.8 Å². The van der Waals surface area contributed by atoms with Crippen LogP contribution in [0.1, 0.15) is 32.8 Å². The van der Waals surface area contributed by atoms with Gasteiger partial charge in [-0.25, -0.2) is 4.79 Å². The molecule has 3 unspecified atom stereocenters. The fraction of sp³-hybridized carbons (Fsp3) is 0.400. The van der Waals surface area contributed by atoms with E-state index < -0.39 is 73.3 Å². The van der Waals surface area contributed by atoms with Crippen LogP contribution in [0.4, 0.5) is 4.79 Å². The molecule has 0 aromatic heterocycles. The number of benzene rings is 2. The Balaban J connectivity index is 1.89. The summed E-state index contributed by atoms with van der Waals surface area (Å²) in [5, 5.41) is 9.81. The fourth-order valence-corrected chi connectivity index (χ4v) is 3.62. The van der Waals surface area contributed by atoms with E-state index in [1.807, 2.05) is 6.07 Å². The van der Waals surface area contributed by atoms with Gasteiger partial charge in [0, 0.05) is 0 Å². The third-order valence-corrected chi connectivity index (χ3v) is 6.05. The van der Waals surface area contributed by atoms with Gasteiger partial charge in [-0.3, -0.25) is 24.0 Å². The summed E-state index contributed by atoms with van der Waals surface area (Å²) in [6.45, 7) is 3.93. The standard InChI is InChI=1S/C30H38N4O9/c1-19(2)27(34-25(36)16-31-30(40)43-17-21-11-7-5-8-12-21)29(39)32-20(3)28(38)33-23(15-26(37)41-4)24(35)18-42-22-13-9-6-10-14-22/h5-14,19-20,23,27H,15-18H2,1-4H3,(H,31,40)(H,32,39)(H,33,38)(H,34,36). The molecule has 0 aliphatic rings. The van der Waals surface area contributed by atoms with Gasteiger partial charge in [0.1, 0.15) is 43.6 Å². The van der Waals surface area contributed by atoms with Crippen LogP contribution < -0.4 is 26.0 Å². The van der Waals surface area contributed by atoms with Crippen molar-refractivity contribution < 1.29 is 43.0 Å². The van der Waals surface area contributed by atoms with Crippen molar-refractivity contribution in [1.82, 2.24) is 21.3 Å². The number of ketones is 1. The molecule has 3 atom stereocenters. The maximum absolute atomic E-state index is 13.0. The van der Waals surface area contributed by atoms with Gasteiger partial charge in [0.25, 0.3) is 0 Å². The predicted molar refractivity (Wildman–Crippen MR) is 155 cm³/mol. The Labute approximate surface area is 250 Å². The smallest absolute Gasteiger partial charge is 0.407 e. The number of nitrogens with one attached hydrogen (secondary N) is 4. The van der Waals surface area contributed by atoms with Crippen LogP contribution in [-0.2, 0) is 40.1 Å². The van der Waals surface area contributed by atoms with Gasteiger partial charge >= 0.3 is 12.1 Å². The number of carbonyl (C=O) groups is 6. The zero-order valence-corrected chi connectivity index (χ0v) is 24.6. The van der Waals surface area contributed by atoms with Crippen molar-refractivity contribution in [2.45, 2.75) is 51.9 Å². The summed E-state index contributed by atoms with van der Waals surface area (Å²) in [5.74, 6) is -3.32. The lowest BCUT2D eigenvalue weighted by atomic mass is 10.0. The molecule has 0 saturated carbocycles. The number of carbonyl (C=O) groups excluding carboxylic acids is 6. The molecule has 4 amide bonds. The number of para-hydroxylation sites is 1. The molecule has 0 fully saturated rings. The van der Waals surface area contributed by atoms with Crippen molar-refractivity contribution in [3.63, 3.8) is 0 Å². The van der Waals surface area contributed by atoms with Crippen LogP contribution in [0.15, 0.2) is 60.7 Å². The van der Waals surface area contributed by atoms with Crippen molar-refractivity contribution in [3.8, 4) is 5.75 Å². The Kier molecular flexibility index (Phi) is 14.2. The Morgan fingerprint density at radius 1 is 0.791 bits per heavy atom. The Bertz CT molecular complexity index is 1240. The highest BCUT2D eigenvalue weighted by Crippen LogP contribution is 2.09. The first-order valence-corrected chi connectivity index (χ1v) is 13.6. The lowest BCUT2D eigenvalue weighted by Gasteiger charge is -2.25. The number of ether oxygens (including phenoxy) is 3. The average molecular weight is 599 g/mol. The van der Waals surface area contributed by atoms with Crippen molar-refractivity contribution in [3.05, 3.63) is 66.2 Å². The van der Waals surface area contributed by atoms with Gasteiger partial charge in [0.15, 0.2) is 5.78 Å². The number of rotatable bonds is 16. The number of esters is 1. The molecule has 13 nitrogen and oxygen atoms in total. The van der Waals surface area contributed by atoms with Crippen molar-refractivity contribution in [1.29, 1.82) is 0 Å². The van der Waals surface area contributed by atoms with E-state index in [1.54, 1.807) is 68.4 Å². The molecule has 43 heavy (non-hydrogen) atoms. The highest BCUT2D eigenvalue weighted by atomic mass is 16.5. The summed E-state index contributed by atoms with van der Waals surface area (Å²) in [7, 11) is 1.15. The van der Waals surface area contributed by atoms with E-state index in [-0.39, 0.29) is 12.5 Å². The van der Waals surface area contributed by atoms with Crippen LogP contribution in [0.5, 0.6) is 5.75 Å². The van der Waals surface area contributed by atoms with E-state index in [1.165, 1.54) is 6.92 Å². The summed E-state index contributed by atoms with van der Waals surface area (Å²) < 4.78 is 15.1. The maximum Gasteiger partial charge on any atom is 0.407 e. The molecular formula is C30H38N4O9. The number of amides is 4. The first-order valence-electron chi connectivity index (χ1n) is 13.6. The lowest BCUT2D eigenvalue weighted by molar-refractivity contribution is -0.143. The molecule has 0 spiro atoms. The quantitative estimate of drug-likeness (QED) is 0.207. The third-order valence-electron chi connectivity index (χ3n) is 6.05. The Morgan fingerprint density at radius 3 is 2.02 bits per heavy atom. The molecule has 0 aliphatic heterocycles. The molecule has 0 heterocycles. The number of methoxy groups -OCH3 is 1. The minimum absolute atomic E-state index is 0.0252. The Hall–Kier alpha value is -4.94. The SMILES string of the molecule is COC(=O)CC(NC(=O)C(C)NC(=O)C(NC(=O)CNC(=O)OCc1ccccc1)C(C)C)C(=O)COc1ccccc1. The normalized spacial score (nSPS) is 12.6. The molecule has 232 valence electrons. The van der Waals surface area contributed by atoms with Gasteiger partial charge in [-0.1, -0.05) is 62.4 Å². The molecule has 2 aromatic rings. The molecule has 2 aromatic carbocycles. The summed E-state index contributed by atoms with van der Waals surface area (Å²) in [6.07, 6.45) is -1.24. The third kappa shape index (κ3) is 12.6. The van der Waals surface area contributed by atoms with E-state index in [2.05, 4.69) is 26.0 Å². The number of hydrogen-bond donors (Lipinski definition) is 4. The van der Waals surface area contributed by atoms with Crippen LogP contribution in [0.25, 0.3) is 0 Å². The predicted octanol–water partition coefficient (Wildman–Crippen LogP) is 1.25.